The van der Waals surface area contributed by atoms with Gasteiger partial charge < -0.3 is 26.0 Å². The molecule has 1 aliphatic rings. The second-order valence-corrected chi connectivity index (χ2v) is 6.68. The molecule has 29 heavy (non-hydrogen) atoms. The highest BCUT2D eigenvalue weighted by atomic mass is 35.5. The first-order chi connectivity index (χ1) is 13.7. The maximum atomic E-state index is 9.61. The average Bonchev–Trinajstić information content (AvgIpc) is 3.08. The maximum absolute atomic E-state index is 9.61. The van der Waals surface area contributed by atoms with Gasteiger partial charge in [-0.1, -0.05) is 23.2 Å². The number of rotatable bonds is 4. The number of anilines is 2. The Morgan fingerprint density at radius 2 is 1.79 bits per heavy atom. The number of halogens is 2. The number of nitrogen functional groups attached to an aromatic ring is 1. The zero-order valence-corrected chi connectivity index (χ0v) is 16.4. The van der Waals surface area contributed by atoms with Gasteiger partial charge in [-0.3, -0.25) is 0 Å². The first-order valence-corrected chi connectivity index (χ1v) is 8.95. The van der Waals surface area contributed by atoms with Gasteiger partial charge in [0, 0.05) is 35.8 Å². The molecule has 10 nitrogen and oxygen atoms in total. The average molecular weight is 442 g/mol. The van der Waals surface area contributed by atoms with E-state index < -0.39 is 11.9 Å². The number of carboxylic acids is 2. The number of aliphatic hydroxyl groups excluding tert-OH is 1. The second-order valence-electron chi connectivity index (χ2n) is 5.84. The van der Waals surface area contributed by atoms with Gasteiger partial charge in [0.25, 0.3) is 0 Å². The number of benzene rings is 1. The van der Waals surface area contributed by atoms with E-state index >= 15 is 0 Å². The molecule has 0 saturated carbocycles. The molecule has 0 radical (unpaired) electrons. The first kappa shape index (κ1) is 22.3. The lowest BCUT2D eigenvalue weighted by molar-refractivity contribution is -0.134. The van der Waals surface area contributed by atoms with Crippen LogP contribution in [-0.2, 0) is 9.59 Å². The zero-order valence-electron chi connectivity index (χ0n) is 14.9. The van der Waals surface area contributed by atoms with Gasteiger partial charge in [0.05, 0.1) is 11.1 Å². The molecule has 2 heterocycles. The molecule has 1 unspecified atom stereocenters. The van der Waals surface area contributed by atoms with Crippen LogP contribution in [0.25, 0.3) is 11.4 Å². The number of aromatic nitrogens is 3. The minimum atomic E-state index is -1.26. The number of nitrogens with two attached hydrogens (primary N) is 1. The molecule has 1 aliphatic heterocycles. The first-order valence-electron chi connectivity index (χ1n) is 8.19. The van der Waals surface area contributed by atoms with Gasteiger partial charge >= 0.3 is 11.9 Å². The standard InChI is InChI=1S/C13H13Cl2N5O.C4H4O4/c14-7-1-2-10(15)9(5-7)11-17-12(16)19-13(18-11)20-4-3-8(21)6-20;5-3(6)1-2-4(7)8/h1-2,5,8,21H,3-4,6H2,(H2,16,17,18,19);1-2H,(H,5,6)(H,7,8)/b;2-1-. The van der Waals surface area contributed by atoms with Crippen LogP contribution in [0, 0.1) is 0 Å². The van der Waals surface area contributed by atoms with Crippen LogP contribution >= 0.6 is 23.2 Å². The largest absolute Gasteiger partial charge is 0.478 e. The van der Waals surface area contributed by atoms with Crippen LogP contribution < -0.4 is 10.6 Å². The minimum Gasteiger partial charge on any atom is -0.478 e. The van der Waals surface area contributed by atoms with Crippen LogP contribution in [0.2, 0.25) is 10.0 Å². The van der Waals surface area contributed by atoms with Crippen molar-refractivity contribution in [3.05, 3.63) is 40.4 Å². The third kappa shape index (κ3) is 6.86. The van der Waals surface area contributed by atoms with E-state index in [0.717, 1.165) is 0 Å². The quantitative estimate of drug-likeness (QED) is 0.513. The number of nitrogens with zero attached hydrogens (tertiary/aromatic N) is 4. The topological polar surface area (TPSA) is 163 Å². The highest BCUT2D eigenvalue weighted by Crippen LogP contribution is 2.29. The SMILES string of the molecule is Nc1nc(-c2cc(Cl)ccc2Cl)nc(N2CCC(O)C2)n1.O=C(O)/C=C\C(=O)O. The van der Waals surface area contributed by atoms with Crippen molar-refractivity contribution in [1.82, 2.24) is 15.0 Å². The Kier molecular flexibility index (Phi) is 7.71. The van der Waals surface area contributed by atoms with Gasteiger partial charge in [-0.05, 0) is 24.6 Å². The van der Waals surface area contributed by atoms with Crippen LogP contribution in [0.1, 0.15) is 6.42 Å². The van der Waals surface area contributed by atoms with Crippen LogP contribution in [0.3, 0.4) is 0 Å². The lowest BCUT2D eigenvalue weighted by atomic mass is 10.2. The molecule has 1 aromatic heterocycles. The molecule has 2 aromatic rings. The minimum absolute atomic E-state index is 0.104. The summed E-state index contributed by atoms with van der Waals surface area (Å²) in [6.45, 7) is 1.15. The van der Waals surface area contributed by atoms with Crippen molar-refractivity contribution in [2.45, 2.75) is 12.5 Å². The fraction of sp³-hybridized carbons (Fsp3) is 0.235. The van der Waals surface area contributed by atoms with E-state index in [1.165, 1.54) is 0 Å². The van der Waals surface area contributed by atoms with Gasteiger partial charge in [-0.25, -0.2) is 9.59 Å². The Morgan fingerprint density at radius 1 is 1.14 bits per heavy atom. The molecular formula is C17H17Cl2N5O5. The van der Waals surface area contributed by atoms with Crippen molar-refractivity contribution in [2.75, 3.05) is 23.7 Å². The highest BCUT2D eigenvalue weighted by Gasteiger charge is 2.23. The molecule has 0 bridgehead atoms. The van der Waals surface area contributed by atoms with Crippen molar-refractivity contribution in [1.29, 1.82) is 0 Å². The second kappa shape index (κ2) is 10.0. The Balaban J connectivity index is 0.000000321. The summed E-state index contributed by atoms with van der Waals surface area (Å²) in [6.07, 6.45) is 1.42. The van der Waals surface area contributed by atoms with E-state index in [1.807, 2.05) is 4.90 Å². The fourth-order valence-corrected chi connectivity index (χ4v) is 2.75. The Bertz CT molecular complexity index is 924. The van der Waals surface area contributed by atoms with E-state index in [9.17, 15) is 14.7 Å². The van der Waals surface area contributed by atoms with Gasteiger partial charge in [0.1, 0.15) is 0 Å². The molecular weight excluding hydrogens is 425 g/mol. The number of hydrogen-bond donors (Lipinski definition) is 4. The molecule has 154 valence electrons. The number of hydrogen-bond acceptors (Lipinski definition) is 8. The maximum Gasteiger partial charge on any atom is 0.328 e. The predicted octanol–water partition coefficient (Wildman–Crippen LogP) is 1.71. The summed E-state index contributed by atoms with van der Waals surface area (Å²) in [6, 6.07) is 5.05. The zero-order chi connectivity index (χ0) is 21.6. The summed E-state index contributed by atoms with van der Waals surface area (Å²) in [5.41, 5.74) is 6.36. The Morgan fingerprint density at radius 3 is 2.34 bits per heavy atom. The number of aliphatic carboxylic acids is 2. The third-order valence-electron chi connectivity index (χ3n) is 3.62. The van der Waals surface area contributed by atoms with Gasteiger partial charge in [-0.2, -0.15) is 15.0 Å². The smallest absolute Gasteiger partial charge is 0.328 e. The van der Waals surface area contributed by atoms with Crippen molar-refractivity contribution >= 4 is 47.0 Å². The van der Waals surface area contributed by atoms with E-state index in [0.29, 0.717) is 59.0 Å². The lowest BCUT2D eigenvalue weighted by Crippen LogP contribution is -2.24. The summed E-state index contributed by atoms with van der Waals surface area (Å²) >= 11 is 12.2. The molecule has 5 N–H and O–H groups in total. The summed E-state index contributed by atoms with van der Waals surface area (Å²) in [5.74, 6) is -1.61. The summed E-state index contributed by atoms with van der Waals surface area (Å²) in [5, 5.41) is 26.3. The summed E-state index contributed by atoms with van der Waals surface area (Å²) < 4.78 is 0. The predicted molar refractivity (Wildman–Crippen MR) is 107 cm³/mol. The molecule has 1 aromatic carbocycles. The molecule has 1 saturated heterocycles. The monoisotopic (exact) mass is 441 g/mol. The van der Waals surface area contributed by atoms with E-state index in [1.54, 1.807) is 18.2 Å². The Hall–Kier alpha value is -2.95. The number of carbonyl (C=O) groups is 2. The van der Waals surface area contributed by atoms with Crippen LogP contribution in [-0.4, -0.2) is 61.4 Å². The molecule has 12 heteroatoms. The van der Waals surface area contributed by atoms with E-state index in [2.05, 4.69) is 15.0 Å². The number of carboxylic acid groups (broad SMARTS) is 2. The van der Waals surface area contributed by atoms with E-state index in [-0.39, 0.29) is 12.1 Å². The third-order valence-corrected chi connectivity index (χ3v) is 4.19. The van der Waals surface area contributed by atoms with Crippen molar-refractivity contribution in [3.63, 3.8) is 0 Å². The van der Waals surface area contributed by atoms with E-state index in [4.69, 9.17) is 39.1 Å². The molecule has 0 spiro atoms. The normalized spacial score (nSPS) is 15.8. The number of β-amino-alcohol motifs (C(OH)–C–C–N with tert-alkyl or cyclic N) is 1. The molecule has 1 atom stereocenters. The fourth-order valence-electron chi connectivity index (χ4n) is 2.38. The van der Waals surface area contributed by atoms with Gasteiger partial charge in [0.15, 0.2) is 5.82 Å². The highest BCUT2D eigenvalue weighted by molar-refractivity contribution is 6.35. The van der Waals surface area contributed by atoms with Crippen molar-refractivity contribution in [3.8, 4) is 11.4 Å². The van der Waals surface area contributed by atoms with Gasteiger partial charge in [-0.15, -0.1) is 0 Å². The molecule has 0 amide bonds. The van der Waals surface area contributed by atoms with Crippen LogP contribution in [0.15, 0.2) is 30.4 Å². The van der Waals surface area contributed by atoms with Crippen molar-refractivity contribution < 1.29 is 24.9 Å². The Labute approximate surface area is 175 Å². The van der Waals surface area contributed by atoms with Gasteiger partial charge in [0.2, 0.25) is 11.9 Å². The van der Waals surface area contributed by atoms with Crippen LogP contribution in [0.5, 0.6) is 0 Å². The molecule has 3 rings (SSSR count). The van der Waals surface area contributed by atoms with Crippen molar-refractivity contribution in [2.24, 2.45) is 0 Å². The number of aliphatic hydroxyl groups is 1. The summed E-state index contributed by atoms with van der Waals surface area (Å²) in [4.78, 5) is 33.6. The molecule has 1 fully saturated rings. The van der Waals surface area contributed by atoms with Crippen LogP contribution in [0.4, 0.5) is 11.9 Å². The lowest BCUT2D eigenvalue weighted by Gasteiger charge is -2.16. The summed E-state index contributed by atoms with van der Waals surface area (Å²) in [7, 11) is 0. The molecule has 0 aliphatic carbocycles.